The van der Waals surface area contributed by atoms with Gasteiger partial charge in [0.25, 0.3) is 0 Å². The van der Waals surface area contributed by atoms with E-state index in [9.17, 15) is 0 Å². The Balaban J connectivity index is 2.02. The minimum atomic E-state index is 0.105. The summed E-state index contributed by atoms with van der Waals surface area (Å²) in [6.07, 6.45) is 1.75. The van der Waals surface area contributed by atoms with Crippen LogP contribution in [0.2, 0.25) is 0 Å². The first-order valence-electron chi connectivity index (χ1n) is 6.00. The fourth-order valence-electron chi connectivity index (χ4n) is 1.87. The highest BCUT2D eigenvalue weighted by Crippen LogP contribution is 2.19. The van der Waals surface area contributed by atoms with Gasteiger partial charge in [0.2, 0.25) is 5.89 Å². The normalized spacial score (nSPS) is 14.4. The lowest BCUT2D eigenvalue weighted by molar-refractivity contribution is 0.380. The maximum Gasteiger partial charge on any atom is 0.211 e. The van der Waals surface area contributed by atoms with Crippen molar-refractivity contribution in [2.45, 2.75) is 32.9 Å². The van der Waals surface area contributed by atoms with Crippen LogP contribution in [0.25, 0.3) is 0 Å². The molecule has 0 aliphatic heterocycles. The molecule has 1 N–H and O–H groups in total. The van der Waals surface area contributed by atoms with E-state index in [1.54, 1.807) is 6.20 Å². The van der Waals surface area contributed by atoms with Crippen molar-refractivity contribution >= 4 is 22.6 Å². The summed E-state index contributed by atoms with van der Waals surface area (Å²) < 4.78 is 6.78. The number of benzene rings is 1. The van der Waals surface area contributed by atoms with Crippen molar-refractivity contribution in [1.82, 2.24) is 10.3 Å². The van der Waals surface area contributed by atoms with Gasteiger partial charge < -0.3 is 4.42 Å². The third kappa shape index (κ3) is 3.32. The summed E-state index contributed by atoms with van der Waals surface area (Å²) in [6.45, 7) is 6.12. The first-order valence-corrected chi connectivity index (χ1v) is 7.08. The summed E-state index contributed by atoms with van der Waals surface area (Å²) >= 11 is 2.31. The molecule has 0 saturated carbocycles. The molecule has 2 atom stereocenters. The molecule has 1 aromatic carbocycles. The number of oxazole rings is 1. The predicted octanol–water partition coefficient (Wildman–Crippen LogP) is 4.00. The van der Waals surface area contributed by atoms with Crippen LogP contribution < -0.4 is 5.32 Å². The van der Waals surface area contributed by atoms with Crippen molar-refractivity contribution < 1.29 is 4.42 Å². The van der Waals surface area contributed by atoms with E-state index >= 15 is 0 Å². The molecule has 0 amide bonds. The van der Waals surface area contributed by atoms with Crippen LogP contribution in [0.3, 0.4) is 0 Å². The lowest BCUT2D eigenvalue weighted by Crippen LogP contribution is -2.22. The van der Waals surface area contributed by atoms with Crippen LogP contribution in [0, 0.1) is 10.5 Å². The third-order valence-electron chi connectivity index (χ3n) is 2.88. The Morgan fingerprint density at radius 3 is 2.39 bits per heavy atom. The number of nitrogens with zero attached hydrogens (tertiary/aromatic N) is 1. The van der Waals surface area contributed by atoms with Gasteiger partial charge in [-0.05, 0) is 61.1 Å². The number of rotatable bonds is 4. The number of aromatic nitrogens is 1. The Labute approximate surface area is 121 Å². The van der Waals surface area contributed by atoms with Crippen molar-refractivity contribution in [3.63, 3.8) is 0 Å². The molecule has 1 aromatic heterocycles. The molecule has 96 valence electrons. The Kier molecular flexibility index (Phi) is 4.40. The molecule has 0 bridgehead atoms. The molecule has 0 aliphatic carbocycles. The second kappa shape index (κ2) is 5.84. The van der Waals surface area contributed by atoms with Gasteiger partial charge in [-0.25, -0.2) is 4.98 Å². The SMILES string of the molecule is Cc1cnc(C(C)NC(C)c2ccc(I)cc2)o1. The third-order valence-corrected chi connectivity index (χ3v) is 3.60. The van der Waals surface area contributed by atoms with E-state index in [0.717, 1.165) is 11.7 Å². The minimum Gasteiger partial charge on any atom is -0.444 e. The summed E-state index contributed by atoms with van der Waals surface area (Å²) in [6, 6.07) is 8.90. The lowest BCUT2D eigenvalue weighted by atomic mass is 10.1. The van der Waals surface area contributed by atoms with E-state index in [-0.39, 0.29) is 12.1 Å². The number of halogens is 1. The number of nitrogens with one attached hydrogen (secondary N) is 1. The van der Waals surface area contributed by atoms with Crippen LogP contribution in [0.4, 0.5) is 0 Å². The number of hydrogen-bond acceptors (Lipinski definition) is 3. The molecule has 0 aliphatic rings. The van der Waals surface area contributed by atoms with Crippen LogP contribution in [-0.2, 0) is 0 Å². The van der Waals surface area contributed by atoms with E-state index in [0.29, 0.717) is 0 Å². The molecule has 3 nitrogen and oxygen atoms in total. The molecule has 0 fully saturated rings. The maximum atomic E-state index is 5.53. The molecule has 1 heterocycles. The smallest absolute Gasteiger partial charge is 0.211 e. The highest BCUT2D eigenvalue weighted by atomic mass is 127. The maximum absolute atomic E-state index is 5.53. The standard InChI is InChI=1S/C14H17IN2O/c1-9-8-16-14(18-9)11(3)17-10(2)12-4-6-13(15)7-5-12/h4-8,10-11,17H,1-3H3. The van der Waals surface area contributed by atoms with Gasteiger partial charge in [0.1, 0.15) is 5.76 Å². The summed E-state index contributed by atoms with van der Waals surface area (Å²) in [7, 11) is 0. The first kappa shape index (κ1) is 13.5. The van der Waals surface area contributed by atoms with Gasteiger partial charge in [-0.15, -0.1) is 0 Å². The molecule has 2 aromatic rings. The number of aryl methyl sites for hydroxylation is 1. The van der Waals surface area contributed by atoms with Gasteiger partial charge in [-0.1, -0.05) is 12.1 Å². The fourth-order valence-corrected chi connectivity index (χ4v) is 2.23. The van der Waals surface area contributed by atoms with Crippen molar-refractivity contribution in [2.24, 2.45) is 0 Å². The van der Waals surface area contributed by atoms with E-state index in [4.69, 9.17) is 4.42 Å². The molecular formula is C14H17IN2O. The van der Waals surface area contributed by atoms with Gasteiger partial charge >= 0.3 is 0 Å². The summed E-state index contributed by atoms with van der Waals surface area (Å²) in [5.41, 5.74) is 1.27. The second-order valence-corrected chi connectivity index (χ2v) is 5.72. The van der Waals surface area contributed by atoms with Crippen molar-refractivity contribution in [3.8, 4) is 0 Å². The van der Waals surface area contributed by atoms with Crippen LogP contribution in [-0.4, -0.2) is 4.98 Å². The summed E-state index contributed by atoms with van der Waals surface area (Å²) in [4.78, 5) is 4.25. The lowest BCUT2D eigenvalue weighted by Gasteiger charge is -2.18. The summed E-state index contributed by atoms with van der Waals surface area (Å²) in [5.74, 6) is 1.59. The zero-order valence-corrected chi connectivity index (χ0v) is 12.9. The predicted molar refractivity (Wildman–Crippen MR) is 80.4 cm³/mol. The molecule has 4 heteroatoms. The van der Waals surface area contributed by atoms with E-state index in [2.05, 4.69) is 71.0 Å². The Morgan fingerprint density at radius 2 is 1.83 bits per heavy atom. The van der Waals surface area contributed by atoms with Crippen LogP contribution in [0.15, 0.2) is 34.9 Å². The average Bonchev–Trinajstić information content (AvgIpc) is 2.76. The van der Waals surface area contributed by atoms with Crippen LogP contribution in [0.5, 0.6) is 0 Å². The molecule has 18 heavy (non-hydrogen) atoms. The van der Waals surface area contributed by atoms with E-state index in [1.165, 1.54) is 9.13 Å². The highest BCUT2D eigenvalue weighted by Gasteiger charge is 2.14. The first-order chi connectivity index (χ1) is 8.56. The van der Waals surface area contributed by atoms with Gasteiger partial charge in [0, 0.05) is 9.61 Å². The minimum absolute atomic E-state index is 0.105. The number of hydrogen-bond donors (Lipinski definition) is 1. The van der Waals surface area contributed by atoms with E-state index in [1.807, 2.05) is 6.92 Å². The molecule has 2 rings (SSSR count). The van der Waals surface area contributed by atoms with Gasteiger partial charge in [0.15, 0.2) is 0 Å². The molecule has 2 unspecified atom stereocenters. The zero-order chi connectivity index (χ0) is 13.1. The van der Waals surface area contributed by atoms with Crippen molar-refractivity contribution in [3.05, 3.63) is 51.2 Å². The molecular weight excluding hydrogens is 339 g/mol. The van der Waals surface area contributed by atoms with E-state index < -0.39 is 0 Å². The highest BCUT2D eigenvalue weighted by molar-refractivity contribution is 14.1. The molecule has 0 spiro atoms. The van der Waals surface area contributed by atoms with Gasteiger partial charge in [0.05, 0.1) is 12.2 Å². The van der Waals surface area contributed by atoms with Gasteiger partial charge in [-0.3, -0.25) is 5.32 Å². The van der Waals surface area contributed by atoms with Crippen molar-refractivity contribution in [1.29, 1.82) is 0 Å². The Bertz CT molecular complexity index is 507. The van der Waals surface area contributed by atoms with Gasteiger partial charge in [-0.2, -0.15) is 0 Å². The zero-order valence-electron chi connectivity index (χ0n) is 10.8. The molecule has 0 radical (unpaired) electrons. The van der Waals surface area contributed by atoms with Crippen LogP contribution >= 0.6 is 22.6 Å². The average molecular weight is 356 g/mol. The second-order valence-electron chi connectivity index (χ2n) is 4.47. The molecule has 0 saturated heterocycles. The largest absolute Gasteiger partial charge is 0.444 e. The fraction of sp³-hybridized carbons (Fsp3) is 0.357. The Morgan fingerprint density at radius 1 is 1.17 bits per heavy atom. The van der Waals surface area contributed by atoms with Crippen molar-refractivity contribution in [2.75, 3.05) is 0 Å². The quantitative estimate of drug-likeness (QED) is 0.842. The monoisotopic (exact) mass is 356 g/mol. The topological polar surface area (TPSA) is 38.1 Å². The summed E-state index contributed by atoms with van der Waals surface area (Å²) in [5, 5.41) is 3.49. The van der Waals surface area contributed by atoms with Crippen LogP contribution in [0.1, 0.15) is 43.1 Å². The Hall–Kier alpha value is -0.880.